The molecule has 2 aliphatic rings. The first-order valence-corrected chi connectivity index (χ1v) is 11.8. The second kappa shape index (κ2) is 7.67. The number of aromatic nitrogens is 2. The first kappa shape index (κ1) is 18.3. The van der Waals surface area contributed by atoms with Gasteiger partial charge in [0, 0.05) is 36.3 Å². The van der Waals surface area contributed by atoms with Crippen LogP contribution in [0.1, 0.15) is 37.7 Å². The maximum atomic E-state index is 5.99. The van der Waals surface area contributed by atoms with E-state index in [2.05, 4.69) is 20.9 Å². The number of rotatable bonds is 4. The highest BCUT2D eigenvalue weighted by atomic mass is 32.1. The molecule has 6 heteroatoms. The van der Waals surface area contributed by atoms with Crippen molar-refractivity contribution < 1.29 is 9.15 Å². The van der Waals surface area contributed by atoms with Gasteiger partial charge in [0.2, 0.25) is 0 Å². The summed E-state index contributed by atoms with van der Waals surface area (Å²) in [5.74, 6) is 2.60. The van der Waals surface area contributed by atoms with E-state index in [4.69, 9.17) is 9.15 Å². The lowest BCUT2D eigenvalue weighted by Gasteiger charge is -2.41. The third-order valence-corrected chi connectivity index (χ3v) is 7.63. The topological polar surface area (TPSA) is 51.4 Å². The van der Waals surface area contributed by atoms with Gasteiger partial charge in [-0.25, -0.2) is 4.98 Å². The van der Waals surface area contributed by atoms with E-state index in [0.717, 1.165) is 40.1 Å². The van der Waals surface area contributed by atoms with E-state index in [0.29, 0.717) is 5.19 Å². The van der Waals surface area contributed by atoms with Crippen LogP contribution in [-0.2, 0) is 6.54 Å². The molecule has 2 atom stereocenters. The normalized spacial score (nSPS) is 22.4. The molecule has 0 N–H and O–H groups in total. The average molecular weight is 420 g/mol. The summed E-state index contributed by atoms with van der Waals surface area (Å²) in [5, 5.41) is 1.78. The van der Waals surface area contributed by atoms with Crippen molar-refractivity contribution in [1.82, 2.24) is 14.9 Å². The SMILES string of the molecule is c1cnc2nc(Oc3ccc4c(CN5CCC6CCCCC6C5)coc4c3)sc2c1. The number of ether oxygens (including phenoxy) is 1. The summed E-state index contributed by atoms with van der Waals surface area (Å²) < 4.78 is 12.9. The molecule has 2 fully saturated rings. The van der Waals surface area contributed by atoms with Crippen molar-refractivity contribution in [1.29, 1.82) is 0 Å². The van der Waals surface area contributed by atoms with Crippen LogP contribution >= 0.6 is 11.3 Å². The highest BCUT2D eigenvalue weighted by molar-refractivity contribution is 7.20. The molecule has 3 aromatic heterocycles. The van der Waals surface area contributed by atoms with E-state index in [9.17, 15) is 0 Å². The number of thiazole rings is 1. The number of nitrogens with zero attached hydrogens (tertiary/aromatic N) is 3. The van der Waals surface area contributed by atoms with Gasteiger partial charge < -0.3 is 9.15 Å². The zero-order valence-corrected chi connectivity index (χ0v) is 17.7. The minimum atomic E-state index is 0.602. The van der Waals surface area contributed by atoms with Crippen LogP contribution in [0.15, 0.2) is 47.2 Å². The van der Waals surface area contributed by atoms with E-state index in [1.807, 2.05) is 30.5 Å². The lowest BCUT2D eigenvalue weighted by Crippen LogP contribution is -2.41. The van der Waals surface area contributed by atoms with Crippen molar-refractivity contribution >= 4 is 32.7 Å². The third kappa shape index (κ3) is 3.48. The Morgan fingerprint density at radius 3 is 3.00 bits per heavy atom. The van der Waals surface area contributed by atoms with Gasteiger partial charge in [-0.05, 0) is 55.5 Å². The Balaban J connectivity index is 1.18. The van der Waals surface area contributed by atoms with Gasteiger partial charge in [0.1, 0.15) is 11.3 Å². The summed E-state index contributed by atoms with van der Waals surface area (Å²) in [6.07, 6.45) is 10.7. The third-order valence-electron chi connectivity index (χ3n) is 6.75. The van der Waals surface area contributed by atoms with Gasteiger partial charge in [0.05, 0.1) is 11.0 Å². The molecule has 0 bridgehead atoms. The molecular formula is C24H25N3O2S. The first-order valence-electron chi connectivity index (χ1n) is 10.9. The van der Waals surface area contributed by atoms with E-state index < -0.39 is 0 Å². The molecule has 6 rings (SSSR count). The highest BCUT2D eigenvalue weighted by Crippen LogP contribution is 2.37. The summed E-state index contributed by atoms with van der Waals surface area (Å²) in [6.45, 7) is 3.42. The van der Waals surface area contributed by atoms with Gasteiger partial charge in [-0.15, -0.1) is 0 Å². The summed E-state index contributed by atoms with van der Waals surface area (Å²) in [5.41, 5.74) is 2.87. The first-order chi connectivity index (χ1) is 14.8. The second-order valence-electron chi connectivity index (χ2n) is 8.65. The Hall–Kier alpha value is -2.44. The number of benzene rings is 1. The van der Waals surface area contributed by atoms with Gasteiger partial charge >= 0.3 is 0 Å². The van der Waals surface area contributed by atoms with Crippen LogP contribution in [0.5, 0.6) is 10.9 Å². The highest BCUT2D eigenvalue weighted by Gasteiger charge is 2.31. The smallest absolute Gasteiger partial charge is 0.281 e. The largest absolute Gasteiger partial charge is 0.464 e. The molecule has 1 aliphatic heterocycles. The van der Waals surface area contributed by atoms with Gasteiger partial charge in [0.25, 0.3) is 5.19 Å². The Kier molecular flexibility index (Phi) is 4.69. The fourth-order valence-electron chi connectivity index (χ4n) is 5.20. The van der Waals surface area contributed by atoms with Crippen molar-refractivity contribution in [2.24, 2.45) is 11.8 Å². The van der Waals surface area contributed by atoms with Crippen molar-refractivity contribution in [3.05, 3.63) is 48.4 Å². The van der Waals surface area contributed by atoms with Crippen molar-refractivity contribution in [3.63, 3.8) is 0 Å². The van der Waals surface area contributed by atoms with E-state index in [1.54, 1.807) is 6.20 Å². The van der Waals surface area contributed by atoms with E-state index in [-0.39, 0.29) is 0 Å². The fourth-order valence-corrected chi connectivity index (χ4v) is 6.00. The number of hydrogen-bond donors (Lipinski definition) is 0. The molecule has 5 nitrogen and oxygen atoms in total. The molecule has 2 unspecified atom stereocenters. The van der Waals surface area contributed by atoms with Gasteiger partial charge in [-0.1, -0.05) is 30.6 Å². The summed E-state index contributed by atoms with van der Waals surface area (Å²) in [4.78, 5) is 11.3. The lowest BCUT2D eigenvalue weighted by molar-refractivity contribution is 0.0821. The van der Waals surface area contributed by atoms with E-state index >= 15 is 0 Å². The average Bonchev–Trinajstić information content (AvgIpc) is 3.37. The molecule has 0 amide bonds. The standard InChI is InChI=1S/C24H25N3O2S/c1-2-5-17-13-27(11-9-16(17)4-1)14-18-15-28-21-12-19(7-8-20(18)21)29-24-26-23-22(30-24)6-3-10-25-23/h3,6-8,10,12,15-17H,1-2,4-5,9,11,13-14H2. The number of piperidine rings is 1. The van der Waals surface area contributed by atoms with Crippen LogP contribution < -0.4 is 4.74 Å². The number of hydrogen-bond acceptors (Lipinski definition) is 6. The second-order valence-corrected chi connectivity index (χ2v) is 9.65. The molecule has 30 heavy (non-hydrogen) atoms. The van der Waals surface area contributed by atoms with Crippen molar-refractivity contribution in [3.8, 4) is 10.9 Å². The molecule has 1 aromatic carbocycles. The fraction of sp³-hybridized carbons (Fsp3) is 0.417. The Bertz CT molecular complexity index is 1150. The Labute approximate surface area is 179 Å². The molecule has 4 heterocycles. The van der Waals surface area contributed by atoms with Crippen LogP contribution in [0.4, 0.5) is 0 Å². The molecule has 0 radical (unpaired) electrons. The number of fused-ring (bicyclic) bond motifs is 3. The lowest BCUT2D eigenvalue weighted by atomic mass is 9.75. The van der Waals surface area contributed by atoms with Crippen LogP contribution in [0, 0.1) is 11.8 Å². The molecular weight excluding hydrogens is 394 g/mol. The minimum absolute atomic E-state index is 0.602. The monoisotopic (exact) mass is 419 g/mol. The number of pyridine rings is 1. The van der Waals surface area contributed by atoms with Gasteiger partial charge in [-0.2, -0.15) is 4.98 Å². The molecule has 1 saturated carbocycles. The quantitative estimate of drug-likeness (QED) is 0.392. The Morgan fingerprint density at radius 1 is 1.13 bits per heavy atom. The maximum absolute atomic E-state index is 5.99. The van der Waals surface area contributed by atoms with E-state index in [1.165, 1.54) is 67.5 Å². The summed E-state index contributed by atoms with van der Waals surface area (Å²) in [7, 11) is 0. The van der Waals surface area contributed by atoms with Crippen molar-refractivity contribution in [2.45, 2.75) is 38.6 Å². The molecule has 1 aliphatic carbocycles. The minimum Gasteiger partial charge on any atom is -0.464 e. The predicted octanol–water partition coefficient (Wildman–Crippen LogP) is 6.24. The van der Waals surface area contributed by atoms with Gasteiger partial charge in [-0.3, -0.25) is 4.90 Å². The number of furan rings is 1. The Morgan fingerprint density at radius 2 is 2.07 bits per heavy atom. The van der Waals surface area contributed by atoms with Crippen molar-refractivity contribution in [2.75, 3.05) is 13.1 Å². The summed E-state index contributed by atoms with van der Waals surface area (Å²) >= 11 is 1.50. The van der Waals surface area contributed by atoms with Crippen LogP contribution in [0.2, 0.25) is 0 Å². The summed E-state index contributed by atoms with van der Waals surface area (Å²) in [6, 6.07) is 10.0. The molecule has 1 saturated heterocycles. The number of likely N-dealkylation sites (tertiary alicyclic amines) is 1. The zero-order valence-electron chi connectivity index (χ0n) is 16.9. The molecule has 154 valence electrons. The van der Waals surface area contributed by atoms with Crippen LogP contribution in [0.3, 0.4) is 0 Å². The van der Waals surface area contributed by atoms with Crippen LogP contribution in [-0.4, -0.2) is 28.0 Å². The molecule has 4 aromatic rings. The molecule has 0 spiro atoms. The van der Waals surface area contributed by atoms with Gasteiger partial charge in [0.15, 0.2) is 5.65 Å². The predicted molar refractivity (Wildman–Crippen MR) is 119 cm³/mol. The zero-order chi connectivity index (χ0) is 19.9. The maximum Gasteiger partial charge on any atom is 0.281 e. The van der Waals surface area contributed by atoms with Crippen LogP contribution in [0.25, 0.3) is 21.3 Å².